The van der Waals surface area contributed by atoms with Crippen molar-refractivity contribution in [2.24, 2.45) is 0 Å². The Bertz CT molecular complexity index is 4600. The van der Waals surface area contributed by atoms with Crippen molar-refractivity contribution in [2.75, 3.05) is 9.80 Å². The highest BCUT2D eigenvalue weighted by Crippen LogP contribution is 2.46. The molecule has 0 fully saturated rings. The van der Waals surface area contributed by atoms with E-state index in [2.05, 4.69) is 350 Å². The fourth-order valence-electron chi connectivity index (χ4n) is 12.4. The summed E-state index contributed by atoms with van der Waals surface area (Å²) in [6.07, 6.45) is 0. The van der Waals surface area contributed by atoms with Gasteiger partial charge in [-0.05, 0) is 195 Å². The zero-order valence-electron chi connectivity index (χ0n) is 46.2. The van der Waals surface area contributed by atoms with E-state index in [1.165, 1.54) is 98.7 Å². The van der Waals surface area contributed by atoms with Crippen molar-refractivity contribution in [1.82, 2.24) is 0 Å². The number of anilines is 6. The molecule has 0 amide bonds. The number of rotatable bonds is 12. The second kappa shape index (κ2) is 21.8. The second-order valence-corrected chi connectivity index (χ2v) is 21.6. The van der Waals surface area contributed by atoms with Gasteiger partial charge in [0, 0.05) is 34.1 Å². The van der Waals surface area contributed by atoms with E-state index in [1.54, 1.807) is 0 Å². The highest BCUT2D eigenvalue weighted by atomic mass is 15.2. The van der Waals surface area contributed by atoms with Crippen LogP contribution in [0.25, 0.3) is 110 Å². The SMILES string of the molecule is c1ccc(-c2c3ccccc3c(-c3ccc(N(c4ccccc4)c4ccc(N(c5ccc(-c6ccc(-c7ccc8ccccc8c7)cc6)cc5)c5ccc(-c6ccc(-c7ccc8ccccc8c7)cc6)cc5)cc4)cc3)c3ccccc23)cc1. The van der Waals surface area contributed by atoms with Gasteiger partial charge in [0.05, 0.1) is 0 Å². The molecule has 0 unspecified atom stereocenters. The van der Waals surface area contributed by atoms with Crippen LogP contribution in [0.5, 0.6) is 0 Å². The van der Waals surface area contributed by atoms with E-state index in [-0.39, 0.29) is 0 Å². The first-order valence-corrected chi connectivity index (χ1v) is 28.9. The molecule has 0 spiro atoms. The molecule has 0 bridgehead atoms. The lowest BCUT2D eigenvalue weighted by Crippen LogP contribution is -2.12. The molecule has 2 heteroatoms. The fraction of sp³-hybridized carbons (Fsp3) is 0. The molecule has 394 valence electrons. The Morgan fingerprint density at radius 1 is 0.143 bits per heavy atom. The van der Waals surface area contributed by atoms with Crippen LogP contribution in [-0.2, 0) is 0 Å². The molecule has 15 rings (SSSR count). The Kier molecular flexibility index (Phi) is 12.9. The number of nitrogens with zero attached hydrogens (tertiary/aromatic N) is 2. The molecular formula is C82H56N2. The van der Waals surface area contributed by atoms with Gasteiger partial charge in [-0.2, -0.15) is 0 Å². The Balaban J connectivity index is 0.769. The number of para-hydroxylation sites is 1. The van der Waals surface area contributed by atoms with Gasteiger partial charge in [-0.15, -0.1) is 0 Å². The fourth-order valence-corrected chi connectivity index (χ4v) is 12.4. The first kappa shape index (κ1) is 49.9. The third-order valence-corrected chi connectivity index (χ3v) is 16.6. The third kappa shape index (κ3) is 9.52. The average Bonchev–Trinajstić information content (AvgIpc) is 2.88. The maximum Gasteiger partial charge on any atom is 0.0463 e. The summed E-state index contributed by atoms with van der Waals surface area (Å²) in [5.41, 5.74) is 20.8. The number of fused-ring (bicyclic) bond motifs is 4. The lowest BCUT2D eigenvalue weighted by molar-refractivity contribution is 1.26. The molecule has 0 aliphatic carbocycles. The summed E-state index contributed by atoms with van der Waals surface area (Å²) in [4.78, 5) is 4.72. The number of benzene rings is 15. The monoisotopic (exact) mass is 1070 g/mol. The van der Waals surface area contributed by atoms with Crippen LogP contribution in [0.3, 0.4) is 0 Å². The highest BCUT2D eigenvalue weighted by molar-refractivity contribution is 6.21. The smallest absolute Gasteiger partial charge is 0.0463 e. The van der Waals surface area contributed by atoms with E-state index >= 15 is 0 Å². The molecule has 0 aromatic heterocycles. The number of hydrogen-bond donors (Lipinski definition) is 0. The van der Waals surface area contributed by atoms with Crippen LogP contribution < -0.4 is 9.80 Å². The summed E-state index contributed by atoms with van der Waals surface area (Å²) >= 11 is 0. The third-order valence-electron chi connectivity index (χ3n) is 16.6. The van der Waals surface area contributed by atoms with E-state index in [9.17, 15) is 0 Å². The predicted octanol–water partition coefficient (Wildman–Crippen LogP) is 23.2. The molecule has 0 aliphatic rings. The summed E-state index contributed by atoms with van der Waals surface area (Å²) in [7, 11) is 0. The van der Waals surface area contributed by atoms with Gasteiger partial charge < -0.3 is 9.80 Å². The standard InChI is InChI=1S/C82H56N2/c1-3-17-65(18-4-1)81-77-23-11-13-25-79(77)82(80-26-14-12-24-78(80)81)66-43-49-74(50-44-66)83(71-21-5-2-6-22-71)75-51-53-76(54-52-75)84(72-45-39-61(40-46-72)59-27-31-63(32-28-59)69-37-35-57-15-7-9-19-67(57)55-69)73-47-41-62(42-48-73)60-29-33-64(34-30-60)70-38-36-58-16-8-10-20-68(58)56-70/h1-56H. The topological polar surface area (TPSA) is 6.48 Å². The van der Waals surface area contributed by atoms with Crippen molar-refractivity contribution in [3.8, 4) is 66.8 Å². The predicted molar refractivity (Wildman–Crippen MR) is 358 cm³/mol. The molecular weight excluding hydrogens is 1010 g/mol. The van der Waals surface area contributed by atoms with Gasteiger partial charge in [-0.3, -0.25) is 0 Å². The van der Waals surface area contributed by atoms with Crippen LogP contribution in [0.4, 0.5) is 34.1 Å². The second-order valence-electron chi connectivity index (χ2n) is 21.6. The minimum atomic E-state index is 1.06. The van der Waals surface area contributed by atoms with E-state index in [0.717, 1.165) is 45.3 Å². The van der Waals surface area contributed by atoms with Gasteiger partial charge in [0.15, 0.2) is 0 Å². The van der Waals surface area contributed by atoms with Crippen LogP contribution in [0.1, 0.15) is 0 Å². The Labute approximate surface area is 490 Å². The van der Waals surface area contributed by atoms with Crippen LogP contribution in [-0.4, -0.2) is 0 Å². The molecule has 84 heavy (non-hydrogen) atoms. The van der Waals surface area contributed by atoms with Crippen molar-refractivity contribution in [3.63, 3.8) is 0 Å². The average molecular weight is 1070 g/mol. The molecule has 0 N–H and O–H groups in total. The number of hydrogen-bond acceptors (Lipinski definition) is 2. The van der Waals surface area contributed by atoms with Gasteiger partial charge in [0.2, 0.25) is 0 Å². The van der Waals surface area contributed by atoms with Gasteiger partial charge in [-0.1, -0.05) is 255 Å². The lowest BCUT2D eigenvalue weighted by atomic mass is 9.86. The summed E-state index contributed by atoms with van der Waals surface area (Å²) in [5, 5.41) is 9.98. The Morgan fingerprint density at radius 3 is 0.726 bits per heavy atom. The quantitative estimate of drug-likeness (QED) is 0.113. The van der Waals surface area contributed by atoms with E-state index in [1.807, 2.05) is 0 Å². The lowest BCUT2D eigenvalue weighted by Gasteiger charge is -2.28. The Hall–Kier alpha value is -11.1. The van der Waals surface area contributed by atoms with Crippen LogP contribution in [0.15, 0.2) is 340 Å². The van der Waals surface area contributed by atoms with E-state index in [4.69, 9.17) is 0 Å². The molecule has 0 aliphatic heterocycles. The van der Waals surface area contributed by atoms with Crippen molar-refractivity contribution < 1.29 is 0 Å². The molecule has 15 aromatic rings. The highest BCUT2D eigenvalue weighted by Gasteiger charge is 2.20. The largest absolute Gasteiger partial charge is 0.311 e. The van der Waals surface area contributed by atoms with E-state index < -0.39 is 0 Å². The van der Waals surface area contributed by atoms with Crippen LogP contribution in [0, 0.1) is 0 Å². The van der Waals surface area contributed by atoms with Crippen molar-refractivity contribution in [3.05, 3.63) is 340 Å². The van der Waals surface area contributed by atoms with Gasteiger partial charge >= 0.3 is 0 Å². The molecule has 0 heterocycles. The molecule has 0 atom stereocenters. The Morgan fingerprint density at radius 2 is 0.369 bits per heavy atom. The summed E-state index contributed by atoms with van der Waals surface area (Å²) in [5.74, 6) is 0. The normalized spacial score (nSPS) is 11.3. The molecule has 2 nitrogen and oxygen atoms in total. The minimum absolute atomic E-state index is 1.06. The van der Waals surface area contributed by atoms with Crippen LogP contribution in [0.2, 0.25) is 0 Å². The van der Waals surface area contributed by atoms with Crippen molar-refractivity contribution in [1.29, 1.82) is 0 Å². The van der Waals surface area contributed by atoms with Crippen molar-refractivity contribution >= 4 is 77.2 Å². The molecule has 0 saturated heterocycles. The maximum atomic E-state index is 2.36. The van der Waals surface area contributed by atoms with Crippen LogP contribution >= 0.6 is 0 Å². The molecule has 15 aromatic carbocycles. The maximum absolute atomic E-state index is 2.36. The summed E-state index contributed by atoms with van der Waals surface area (Å²) < 4.78 is 0. The van der Waals surface area contributed by atoms with Gasteiger partial charge in [0.1, 0.15) is 0 Å². The zero-order valence-corrected chi connectivity index (χ0v) is 46.2. The first-order valence-electron chi connectivity index (χ1n) is 28.9. The molecule has 0 saturated carbocycles. The molecule has 0 radical (unpaired) electrons. The zero-order chi connectivity index (χ0) is 55.8. The van der Waals surface area contributed by atoms with Gasteiger partial charge in [-0.25, -0.2) is 0 Å². The van der Waals surface area contributed by atoms with Crippen molar-refractivity contribution in [2.45, 2.75) is 0 Å². The first-order chi connectivity index (χ1) is 41.6. The van der Waals surface area contributed by atoms with Gasteiger partial charge in [0.25, 0.3) is 0 Å². The summed E-state index contributed by atoms with van der Waals surface area (Å²) in [6.45, 7) is 0. The minimum Gasteiger partial charge on any atom is -0.311 e. The van der Waals surface area contributed by atoms with E-state index in [0.29, 0.717) is 0 Å². The summed E-state index contributed by atoms with van der Waals surface area (Å²) in [6, 6.07) is 124.